The smallest absolute Gasteiger partial charge is 0.409 e. The molecule has 2 aliphatic heterocycles. The second-order valence-electron chi connectivity index (χ2n) is 7.24. The number of hydrogen-bond acceptors (Lipinski definition) is 7. The molecule has 1 aromatic carbocycles. The van der Waals surface area contributed by atoms with Crippen LogP contribution in [-0.4, -0.2) is 64.3 Å². The number of hydrogen-bond donors (Lipinski definition) is 0. The molecule has 4 heterocycles. The number of methoxy groups -OCH3 is 1. The Labute approximate surface area is 161 Å². The fraction of sp³-hybridized carbons (Fsp3) is 0.474. The minimum atomic E-state index is -0.286. The van der Waals surface area contributed by atoms with Crippen molar-refractivity contribution in [2.24, 2.45) is 0 Å². The lowest BCUT2D eigenvalue weighted by Gasteiger charge is -2.28. The summed E-state index contributed by atoms with van der Waals surface area (Å²) in [5.74, 6) is 1.36. The van der Waals surface area contributed by atoms with Crippen LogP contribution in [0.15, 0.2) is 28.9 Å². The van der Waals surface area contributed by atoms with Gasteiger partial charge in [-0.15, -0.1) is 0 Å². The van der Waals surface area contributed by atoms with Gasteiger partial charge in [-0.3, -0.25) is 4.68 Å². The van der Waals surface area contributed by atoms with Crippen LogP contribution >= 0.6 is 0 Å². The Hall–Kier alpha value is -2.94. The zero-order valence-electron chi connectivity index (χ0n) is 15.6. The molecule has 0 spiro atoms. The number of nitrogens with zero attached hydrogens (tertiary/aromatic N) is 5. The van der Waals surface area contributed by atoms with Crippen molar-refractivity contribution in [2.45, 2.75) is 24.8 Å². The van der Waals surface area contributed by atoms with Gasteiger partial charge in [0.1, 0.15) is 0 Å². The van der Waals surface area contributed by atoms with E-state index in [4.69, 9.17) is 14.0 Å². The largest absolute Gasteiger partial charge is 0.453 e. The van der Waals surface area contributed by atoms with E-state index in [-0.39, 0.29) is 18.1 Å². The van der Waals surface area contributed by atoms with Crippen LogP contribution in [0.1, 0.15) is 30.7 Å². The first-order chi connectivity index (χ1) is 13.7. The van der Waals surface area contributed by atoms with Crippen LogP contribution < -0.4 is 0 Å². The first-order valence-electron chi connectivity index (χ1n) is 9.45. The van der Waals surface area contributed by atoms with E-state index < -0.39 is 0 Å². The van der Waals surface area contributed by atoms with Crippen LogP contribution in [-0.2, 0) is 9.47 Å². The van der Waals surface area contributed by atoms with E-state index in [0.29, 0.717) is 38.0 Å². The molecule has 9 nitrogen and oxygen atoms in total. The highest BCUT2D eigenvalue weighted by Gasteiger charge is 2.28. The Kier molecular flexibility index (Phi) is 4.23. The van der Waals surface area contributed by atoms with Crippen LogP contribution in [0.4, 0.5) is 4.79 Å². The highest BCUT2D eigenvalue weighted by atomic mass is 16.5. The van der Waals surface area contributed by atoms with E-state index in [2.05, 4.69) is 21.3 Å². The van der Waals surface area contributed by atoms with Gasteiger partial charge in [0.25, 0.3) is 0 Å². The molecule has 0 bridgehead atoms. The first kappa shape index (κ1) is 17.2. The minimum absolute atomic E-state index is 0.156. The number of rotatable bonds is 3. The molecule has 146 valence electrons. The molecule has 5 rings (SSSR count). The normalized spacial score (nSPS) is 18.4. The van der Waals surface area contributed by atoms with Gasteiger partial charge in [0, 0.05) is 30.0 Å². The number of piperidine rings is 1. The molecule has 1 amide bonds. The molecule has 0 N–H and O–H groups in total. The topological polar surface area (TPSA) is 95.5 Å². The summed E-state index contributed by atoms with van der Waals surface area (Å²) in [7, 11) is 1.40. The molecule has 0 atom stereocenters. The highest BCUT2D eigenvalue weighted by Crippen LogP contribution is 2.30. The quantitative estimate of drug-likeness (QED) is 0.686. The Morgan fingerprint density at radius 1 is 1.25 bits per heavy atom. The zero-order valence-corrected chi connectivity index (χ0v) is 15.6. The van der Waals surface area contributed by atoms with Crippen molar-refractivity contribution < 1.29 is 18.8 Å². The third kappa shape index (κ3) is 2.91. The summed E-state index contributed by atoms with van der Waals surface area (Å²) in [5, 5.41) is 9.75. The number of carbonyl (C=O) groups is 1. The second-order valence-corrected chi connectivity index (χ2v) is 7.24. The Bertz CT molecular complexity index is 1000. The second kappa shape index (κ2) is 6.90. The molecule has 2 aromatic heterocycles. The molecule has 0 radical (unpaired) electrons. The Morgan fingerprint density at radius 3 is 2.79 bits per heavy atom. The third-order valence-corrected chi connectivity index (χ3v) is 5.54. The SMILES string of the molecule is COC(=O)N1CCC(c2nc(-c3ccc4cnn(C5COC5)c4c3)no2)CC1. The number of likely N-dealkylation sites (tertiary alicyclic amines) is 1. The van der Waals surface area contributed by atoms with Crippen LogP contribution in [0.25, 0.3) is 22.3 Å². The number of ether oxygens (including phenoxy) is 2. The summed E-state index contributed by atoms with van der Waals surface area (Å²) < 4.78 is 17.6. The van der Waals surface area contributed by atoms with Crippen LogP contribution in [0.2, 0.25) is 0 Å². The molecule has 28 heavy (non-hydrogen) atoms. The summed E-state index contributed by atoms with van der Waals surface area (Å²) in [6.07, 6.45) is 3.15. The number of aromatic nitrogens is 4. The predicted molar refractivity (Wildman–Crippen MR) is 98.8 cm³/mol. The average molecular weight is 383 g/mol. The Morgan fingerprint density at radius 2 is 2.07 bits per heavy atom. The minimum Gasteiger partial charge on any atom is -0.453 e. The molecule has 2 saturated heterocycles. The third-order valence-electron chi connectivity index (χ3n) is 5.54. The maximum atomic E-state index is 11.6. The van der Waals surface area contributed by atoms with E-state index >= 15 is 0 Å². The molecular weight excluding hydrogens is 362 g/mol. The number of benzene rings is 1. The lowest BCUT2D eigenvalue weighted by Crippen LogP contribution is -2.37. The van der Waals surface area contributed by atoms with Crippen molar-refractivity contribution in [3.05, 3.63) is 30.3 Å². The van der Waals surface area contributed by atoms with Gasteiger partial charge in [-0.1, -0.05) is 17.3 Å². The monoisotopic (exact) mass is 383 g/mol. The van der Waals surface area contributed by atoms with Crippen molar-refractivity contribution >= 4 is 17.0 Å². The number of amides is 1. The molecule has 0 unspecified atom stereocenters. The molecule has 2 fully saturated rings. The summed E-state index contributed by atoms with van der Waals surface area (Å²) in [6.45, 7) is 2.64. The summed E-state index contributed by atoms with van der Waals surface area (Å²) in [4.78, 5) is 18.0. The fourth-order valence-electron chi connectivity index (χ4n) is 3.79. The number of carbonyl (C=O) groups excluding carboxylic acids is 1. The van der Waals surface area contributed by atoms with Gasteiger partial charge in [0.15, 0.2) is 0 Å². The van der Waals surface area contributed by atoms with E-state index in [9.17, 15) is 4.79 Å². The maximum Gasteiger partial charge on any atom is 0.409 e. The van der Waals surface area contributed by atoms with E-state index in [1.165, 1.54) is 7.11 Å². The van der Waals surface area contributed by atoms with Crippen LogP contribution in [0, 0.1) is 0 Å². The number of fused-ring (bicyclic) bond motifs is 1. The van der Waals surface area contributed by atoms with E-state index in [0.717, 1.165) is 29.3 Å². The van der Waals surface area contributed by atoms with Gasteiger partial charge in [0.2, 0.25) is 11.7 Å². The molecule has 2 aliphatic rings. The van der Waals surface area contributed by atoms with Gasteiger partial charge in [-0.2, -0.15) is 10.1 Å². The lowest BCUT2D eigenvalue weighted by atomic mass is 9.97. The highest BCUT2D eigenvalue weighted by molar-refractivity contribution is 5.83. The van der Waals surface area contributed by atoms with Crippen LogP contribution in [0.3, 0.4) is 0 Å². The van der Waals surface area contributed by atoms with Gasteiger partial charge in [-0.05, 0) is 18.9 Å². The molecule has 0 saturated carbocycles. The zero-order chi connectivity index (χ0) is 19.1. The molecule has 9 heteroatoms. The van der Waals surface area contributed by atoms with Crippen molar-refractivity contribution in [1.29, 1.82) is 0 Å². The average Bonchev–Trinajstić information content (AvgIpc) is 3.34. The van der Waals surface area contributed by atoms with Crippen molar-refractivity contribution in [3.63, 3.8) is 0 Å². The fourth-order valence-corrected chi connectivity index (χ4v) is 3.79. The molecule has 0 aliphatic carbocycles. The van der Waals surface area contributed by atoms with Crippen molar-refractivity contribution in [3.8, 4) is 11.4 Å². The molecule has 3 aromatic rings. The van der Waals surface area contributed by atoms with Gasteiger partial charge in [-0.25, -0.2) is 4.79 Å². The maximum absolute atomic E-state index is 11.6. The predicted octanol–water partition coefficient (Wildman–Crippen LogP) is 2.60. The summed E-state index contributed by atoms with van der Waals surface area (Å²) >= 11 is 0. The molecular formula is C19H21N5O4. The van der Waals surface area contributed by atoms with E-state index in [1.807, 2.05) is 23.0 Å². The summed E-state index contributed by atoms with van der Waals surface area (Å²) in [6, 6.07) is 6.35. The lowest BCUT2D eigenvalue weighted by molar-refractivity contribution is -0.0266. The van der Waals surface area contributed by atoms with E-state index in [1.54, 1.807) is 4.90 Å². The van der Waals surface area contributed by atoms with Crippen molar-refractivity contribution in [1.82, 2.24) is 24.8 Å². The Balaban J connectivity index is 1.35. The van der Waals surface area contributed by atoms with Crippen LogP contribution in [0.5, 0.6) is 0 Å². The van der Waals surface area contributed by atoms with Gasteiger partial charge in [0.05, 0.1) is 38.1 Å². The van der Waals surface area contributed by atoms with Crippen molar-refractivity contribution in [2.75, 3.05) is 33.4 Å². The van der Waals surface area contributed by atoms with Gasteiger partial charge < -0.3 is 18.9 Å². The standard InChI is InChI=1S/C19H21N5O4/c1-26-19(25)23-6-4-12(5-7-23)18-21-17(22-28-18)13-2-3-14-9-20-24(16(14)8-13)15-10-27-11-15/h2-3,8-9,12,15H,4-7,10-11H2,1H3. The van der Waals surface area contributed by atoms with Gasteiger partial charge >= 0.3 is 6.09 Å². The summed E-state index contributed by atoms with van der Waals surface area (Å²) in [5.41, 5.74) is 1.94. The first-order valence-corrected chi connectivity index (χ1v) is 9.45.